The van der Waals surface area contributed by atoms with Gasteiger partial charge < -0.3 is 10.1 Å². The summed E-state index contributed by atoms with van der Waals surface area (Å²) >= 11 is 0. The SMILES string of the molecule is O=C(Cn1nc(-c2cccc3ccccc23)ccc1=O)NCCOc1ccc(F)cc1. The zero-order valence-electron chi connectivity index (χ0n) is 16.6. The number of nitrogens with one attached hydrogen (secondary N) is 1. The van der Waals surface area contributed by atoms with Crippen LogP contribution >= 0.6 is 0 Å². The summed E-state index contributed by atoms with van der Waals surface area (Å²) in [6, 6.07) is 22.5. The Labute approximate surface area is 177 Å². The van der Waals surface area contributed by atoms with E-state index >= 15 is 0 Å². The van der Waals surface area contributed by atoms with Crippen molar-refractivity contribution in [3.05, 3.63) is 95.0 Å². The number of fused-ring (bicyclic) bond motifs is 1. The third-order valence-electron chi connectivity index (χ3n) is 4.73. The molecule has 0 bridgehead atoms. The zero-order chi connectivity index (χ0) is 21.6. The van der Waals surface area contributed by atoms with E-state index in [0.717, 1.165) is 21.0 Å². The van der Waals surface area contributed by atoms with Crippen molar-refractivity contribution < 1.29 is 13.9 Å². The molecule has 0 aliphatic carbocycles. The number of hydrogen-bond donors (Lipinski definition) is 1. The van der Waals surface area contributed by atoms with Crippen LogP contribution in [-0.2, 0) is 11.3 Å². The largest absolute Gasteiger partial charge is 0.492 e. The van der Waals surface area contributed by atoms with Crippen molar-refractivity contribution >= 4 is 16.7 Å². The molecule has 156 valence electrons. The Morgan fingerprint density at radius 2 is 1.74 bits per heavy atom. The average molecular weight is 417 g/mol. The molecule has 0 atom stereocenters. The second-order valence-corrected chi connectivity index (χ2v) is 6.89. The number of aromatic nitrogens is 2. The van der Waals surface area contributed by atoms with Gasteiger partial charge in [-0.05, 0) is 41.1 Å². The van der Waals surface area contributed by atoms with Crippen molar-refractivity contribution in [1.82, 2.24) is 15.1 Å². The minimum atomic E-state index is -0.360. The van der Waals surface area contributed by atoms with Crippen LogP contribution in [0.2, 0.25) is 0 Å². The number of ether oxygens (including phenoxy) is 1. The molecule has 1 N–H and O–H groups in total. The van der Waals surface area contributed by atoms with E-state index in [1.54, 1.807) is 6.07 Å². The highest BCUT2D eigenvalue weighted by Gasteiger charge is 2.10. The maximum Gasteiger partial charge on any atom is 0.267 e. The van der Waals surface area contributed by atoms with E-state index in [2.05, 4.69) is 10.4 Å². The third-order valence-corrected chi connectivity index (χ3v) is 4.73. The molecule has 4 rings (SSSR count). The van der Waals surface area contributed by atoms with Crippen molar-refractivity contribution in [1.29, 1.82) is 0 Å². The van der Waals surface area contributed by atoms with Crippen molar-refractivity contribution in [3.8, 4) is 17.0 Å². The lowest BCUT2D eigenvalue weighted by atomic mass is 10.0. The molecule has 0 radical (unpaired) electrons. The van der Waals surface area contributed by atoms with Crippen LogP contribution in [0.25, 0.3) is 22.0 Å². The van der Waals surface area contributed by atoms with E-state index in [1.165, 1.54) is 30.3 Å². The van der Waals surface area contributed by atoms with Gasteiger partial charge in [-0.1, -0.05) is 42.5 Å². The summed E-state index contributed by atoms with van der Waals surface area (Å²) in [7, 11) is 0. The maximum atomic E-state index is 12.9. The average Bonchev–Trinajstić information content (AvgIpc) is 2.79. The van der Waals surface area contributed by atoms with Gasteiger partial charge in [0.05, 0.1) is 12.2 Å². The highest BCUT2D eigenvalue weighted by molar-refractivity contribution is 5.95. The predicted octanol–water partition coefficient (Wildman–Crippen LogP) is 3.40. The number of carbonyl (C=O) groups is 1. The van der Waals surface area contributed by atoms with Crippen LogP contribution in [0.1, 0.15) is 0 Å². The molecule has 3 aromatic carbocycles. The minimum absolute atomic E-state index is 0.200. The monoisotopic (exact) mass is 417 g/mol. The lowest BCUT2D eigenvalue weighted by molar-refractivity contribution is -0.122. The topological polar surface area (TPSA) is 73.2 Å². The highest BCUT2D eigenvalue weighted by atomic mass is 19.1. The normalized spacial score (nSPS) is 10.7. The Kier molecular flexibility index (Phi) is 6.03. The Morgan fingerprint density at radius 1 is 0.968 bits per heavy atom. The van der Waals surface area contributed by atoms with E-state index in [1.807, 2.05) is 42.5 Å². The Hall–Kier alpha value is -4.00. The maximum absolute atomic E-state index is 12.9. The standard InChI is InChI=1S/C24H20FN3O3/c25-18-8-10-19(11-9-18)31-15-14-26-23(29)16-28-24(30)13-12-22(27-28)21-7-3-5-17-4-1-2-6-20(17)21/h1-13H,14-16H2,(H,26,29). The van der Waals surface area contributed by atoms with Crippen LogP contribution in [0.3, 0.4) is 0 Å². The van der Waals surface area contributed by atoms with Gasteiger partial charge in [0.2, 0.25) is 5.91 Å². The van der Waals surface area contributed by atoms with Crippen LogP contribution in [0.15, 0.2) is 83.7 Å². The van der Waals surface area contributed by atoms with Crippen LogP contribution in [0.5, 0.6) is 5.75 Å². The number of amides is 1. The first kappa shape index (κ1) is 20.3. The molecule has 0 saturated heterocycles. The molecule has 0 spiro atoms. The molecule has 0 aliphatic heterocycles. The van der Waals surface area contributed by atoms with Gasteiger partial charge in [-0.3, -0.25) is 9.59 Å². The van der Waals surface area contributed by atoms with Gasteiger partial charge >= 0.3 is 0 Å². The lowest BCUT2D eigenvalue weighted by Gasteiger charge is -2.10. The van der Waals surface area contributed by atoms with Crippen molar-refractivity contribution in [3.63, 3.8) is 0 Å². The van der Waals surface area contributed by atoms with E-state index in [-0.39, 0.29) is 37.0 Å². The number of carbonyl (C=O) groups excluding carboxylic acids is 1. The summed E-state index contributed by atoms with van der Waals surface area (Å²) in [5.74, 6) is -0.187. The van der Waals surface area contributed by atoms with Gasteiger partial charge in [0.15, 0.2) is 0 Å². The molecule has 7 heteroatoms. The second kappa shape index (κ2) is 9.21. The molecule has 1 amide bonds. The van der Waals surface area contributed by atoms with Crippen LogP contribution in [-0.4, -0.2) is 28.8 Å². The Bertz CT molecular complexity index is 1260. The first-order valence-corrected chi connectivity index (χ1v) is 9.81. The fourth-order valence-electron chi connectivity index (χ4n) is 3.24. The van der Waals surface area contributed by atoms with Crippen LogP contribution in [0, 0.1) is 5.82 Å². The van der Waals surface area contributed by atoms with E-state index in [9.17, 15) is 14.0 Å². The molecule has 0 unspecified atom stereocenters. The third kappa shape index (κ3) is 4.95. The van der Waals surface area contributed by atoms with E-state index < -0.39 is 0 Å². The fourth-order valence-corrected chi connectivity index (χ4v) is 3.24. The Balaban J connectivity index is 1.41. The van der Waals surface area contributed by atoms with E-state index in [4.69, 9.17) is 4.74 Å². The minimum Gasteiger partial charge on any atom is -0.492 e. The molecule has 1 heterocycles. The highest BCUT2D eigenvalue weighted by Crippen LogP contribution is 2.26. The molecule has 0 saturated carbocycles. The summed E-state index contributed by atoms with van der Waals surface area (Å²) in [6.45, 7) is 0.262. The van der Waals surface area contributed by atoms with Crippen LogP contribution < -0.4 is 15.6 Å². The molecular weight excluding hydrogens is 397 g/mol. The fraction of sp³-hybridized carbons (Fsp3) is 0.125. The molecule has 0 fully saturated rings. The van der Waals surface area contributed by atoms with Crippen molar-refractivity contribution in [2.24, 2.45) is 0 Å². The van der Waals surface area contributed by atoms with Gasteiger partial charge in [0, 0.05) is 11.6 Å². The van der Waals surface area contributed by atoms with Crippen molar-refractivity contribution in [2.45, 2.75) is 6.54 Å². The molecule has 4 aromatic rings. The molecule has 0 aliphatic rings. The van der Waals surface area contributed by atoms with Gasteiger partial charge in [-0.25, -0.2) is 9.07 Å². The molecule has 1 aromatic heterocycles. The quantitative estimate of drug-likeness (QED) is 0.468. The zero-order valence-corrected chi connectivity index (χ0v) is 16.6. The first-order valence-electron chi connectivity index (χ1n) is 9.81. The first-order chi connectivity index (χ1) is 15.1. The predicted molar refractivity (Wildman–Crippen MR) is 116 cm³/mol. The van der Waals surface area contributed by atoms with Gasteiger partial charge in [0.1, 0.15) is 24.7 Å². The summed E-state index contributed by atoms with van der Waals surface area (Å²) < 4.78 is 19.5. The Morgan fingerprint density at radius 3 is 2.58 bits per heavy atom. The second-order valence-electron chi connectivity index (χ2n) is 6.89. The number of hydrogen-bond acceptors (Lipinski definition) is 4. The summed E-state index contributed by atoms with van der Waals surface area (Å²) in [6.07, 6.45) is 0. The van der Waals surface area contributed by atoms with Gasteiger partial charge in [0.25, 0.3) is 5.56 Å². The number of benzene rings is 3. The number of rotatable bonds is 7. The van der Waals surface area contributed by atoms with Gasteiger partial charge in [-0.2, -0.15) is 5.10 Å². The lowest BCUT2D eigenvalue weighted by Crippen LogP contribution is -2.35. The summed E-state index contributed by atoms with van der Waals surface area (Å²) in [4.78, 5) is 24.5. The number of nitrogens with zero attached hydrogens (tertiary/aromatic N) is 2. The molecule has 6 nitrogen and oxygen atoms in total. The number of halogens is 1. The van der Waals surface area contributed by atoms with Crippen molar-refractivity contribution in [2.75, 3.05) is 13.2 Å². The van der Waals surface area contributed by atoms with Gasteiger partial charge in [-0.15, -0.1) is 0 Å². The molecule has 31 heavy (non-hydrogen) atoms. The summed E-state index contributed by atoms with van der Waals surface area (Å²) in [5, 5.41) is 9.17. The van der Waals surface area contributed by atoms with Crippen LogP contribution in [0.4, 0.5) is 4.39 Å². The molecular formula is C24H20FN3O3. The van der Waals surface area contributed by atoms with E-state index in [0.29, 0.717) is 11.4 Å². The summed E-state index contributed by atoms with van der Waals surface area (Å²) in [5.41, 5.74) is 1.14. The smallest absolute Gasteiger partial charge is 0.267 e.